The lowest BCUT2D eigenvalue weighted by atomic mass is 10.2. The number of nitrogens with one attached hydrogen (secondary N) is 1. The normalized spacial score (nSPS) is 20.5. The number of halogens is 1. The van der Waals surface area contributed by atoms with Gasteiger partial charge in [-0.25, -0.2) is 0 Å². The Kier molecular flexibility index (Phi) is 3.57. The summed E-state index contributed by atoms with van der Waals surface area (Å²) in [5.41, 5.74) is 1.05. The van der Waals surface area contributed by atoms with Crippen LogP contribution in [0, 0.1) is 5.41 Å². The third kappa shape index (κ3) is 2.25. The molecule has 17 heavy (non-hydrogen) atoms. The molecule has 1 aliphatic heterocycles. The molecule has 0 radical (unpaired) electrons. The number of guanidine groups is 1. The molecule has 1 aliphatic rings. The predicted octanol–water partition coefficient (Wildman–Crippen LogP) is 2.76. The summed E-state index contributed by atoms with van der Waals surface area (Å²) in [5, 5.41) is 8.26. The van der Waals surface area contributed by atoms with Crippen LogP contribution in [0.15, 0.2) is 30.3 Å². The Hall–Kier alpha value is -1.22. The molecule has 0 spiro atoms. The highest BCUT2D eigenvalue weighted by Gasteiger charge is 2.35. The molecular weight excluding hydrogens is 234 g/mol. The molecule has 1 aromatic rings. The van der Waals surface area contributed by atoms with E-state index in [1.807, 2.05) is 35.2 Å². The van der Waals surface area contributed by atoms with Crippen LogP contribution >= 0.6 is 11.6 Å². The van der Waals surface area contributed by atoms with E-state index in [4.69, 9.17) is 17.0 Å². The fraction of sp³-hybridized carbons (Fsp3) is 0.462. The van der Waals surface area contributed by atoms with Gasteiger partial charge in [-0.2, -0.15) is 0 Å². The topological polar surface area (TPSA) is 30.3 Å². The van der Waals surface area contributed by atoms with E-state index in [0.29, 0.717) is 17.9 Å². The average Bonchev–Trinajstić information content (AvgIpc) is 2.67. The third-order valence-electron chi connectivity index (χ3n) is 3.11. The number of rotatable bonds is 3. The fourth-order valence-corrected chi connectivity index (χ4v) is 2.44. The molecule has 1 N–H and O–H groups in total. The molecule has 1 unspecified atom stereocenters. The van der Waals surface area contributed by atoms with Gasteiger partial charge in [0.2, 0.25) is 0 Å². The first-order valence-corrected chi connectivity index (χ1v) is 6.44. The smallest absolute Gasteiger partial charge is 0.198 e. The van der Waals surface area contributed by atoms with Crippen LogP contribution in [0.1, 0.15) is 13.8 Å². The van der Waals surface area contributed by atoms with Crippen LogP contribution in [0.25, 0.3) is 0 Å². The van der Waals surface area contributed by atoms with Gasteiger partial charge in [0, 0.05) is 24.2 Å². The Labute approximate surface area is 107 Å². The second-order valence-corrected chi connectivity index (χ2v) is 4.89. The van der Waals surface area contributed by atoms with Crippen LogP contribution in [-0.2, 0) is 0 Å². The number of anilines is 1. The fourth-order valence-electron chi connectivity index (χ4n) is 2.20. The Morgan fingerprint density at radius 1 is 1.35 bits per heavy atom. The van der Waals surface area contributed by atoms with Gasteiger partial charge >= 0.3 is 0 Å². The molecule has 0 bridgehead atoms. The monoisotopic (exact) mass is 251 g/mol. The van der Waals surface area contributed by atoms with Crippen molar-refractivity contribution in [3.8, 4) is 0 Å². The zero-order valence-electron chi connectivity index (χ0n) is 10.2. The molecule has 1 saturated heterocycles. The van der Waals surface area contributed by atoms with E-state index in [2.05, 4.69) is 18.7 Å². The van der Waals surface area contributed by atoms with Crippen LogP contribution in [0.3, 0.4) is 0 Å². The molecule has 2 rings (SSSR count). The van der Waals surface area contributed by atoms with Gasteiger partial charge in [-0.3, -0.25) is 5.41 Å². The summed E-state index contributed by atoms with van der Waals surface area (Å²) in [6.45, 7) is 5.04. The number of benzene rings is 1. The van der Waals surface area contributed by atoms with Gasteiger partial charge in [0.1, 0.15) is 0 Å². The van der Waals surface area contributed by atoms with E-state index < -0.39 is 0 Å². The summed E-state index contributed by atoms with van der Waals surface area (Å²) in [6, 6.07) is 10.5. The van der Waals surface area contributed by atoms with E-state index in [9.17, 15) is 0 Å². The second kappa shape index (κ2) is 4.96. The van der Waals surface area contributed by atoms with Crippen molar-refractivity contribution in [2.24, 2.45) is 0 Å². The maximum Gasteiger partial charge on any atom is 0.198 e. The first-order chi connectivity index (χ1) is 8.15. The van der Waals surface area contributed by atoms with Gasteiger partial charge in [-0.05, 0) is 26.0 Å². The zero-order chi connectivity index (χ0) is 12.4. The van der Waals surface area contributed by atoms with Crippen molar-refractivity contribution in [3.05, 3.63) is 30.3 Å². The molecule has 1 fully saturated rings. The van der Waals surface area contributed by atoms with Gasteiger partial charge in [0.15, 0.2) is 5.96 Å². The summed E-state index contributed by atoms with van der Waals surface area (Å²) >= 11 is 6.02. The lowest BCUT2D eigenvalue weighted by molar-refractivity contribution is 0.368. The molecule has 0 amide bonds. The van der Waals surface area contributed by atoms with E-state index in [1.54, 1.807) is 0 Å². The minimum atomic E-state index is 0.189. The van der Waals surface area contributed by atoms with Crippen molar-refractivity contribution in [2.45, 2.75) is 25.9 Å². The van der Waals surface area contributed by atoms with Crippen LogP contribution in [0.2, 0.25) is 0 Å². The quantitative estimate of drug-likeness (QED) is 0.838. The Balaban J connectivity index is 2.29. The van der Waals surface area contributed by atoms with E-state index >= 15 is 0 Å². The maximum atomic E-state index is 8.26. The average molecular weight is 252 g/mol. The molecule has 92 valence electrons. The van der Waals surface area contributed by atoms with Crippen molar-refractivity contribution in [1.29, 1.82) is 5.41 Å². The van der Waals surface area contributed by atoms with Crippen molar-refractivity contribution in [1.82, 2.24) is 4.90 Å². The highest BCUT2D eigenvalue weighted by molar-refractivity contribution is 6.19. The number of alkyl halides is 1. The number of hydrogen-bond acceptors (Lipinski definition) is 1. The number of hydrogen-bond donors (Lipinski definition) is 1. The zero-order valence-corrected chi connectivity index (χ0v) is 11.0. The van der Waals surface area contributed by atoms with Gasteiger partial charge in [0.05, 0.1) is 6.04 Å². The van der Waals surface area contributed by atoms with Crippen LogP contribution in [0.5, 0.6) is 0 Å². The highest BCUT2D eigenvalue weighted by Crippen LogP contribution is 2.25. The first-order valence-electron chi connectivity index (χ1n) is 5.90. The summed E-state index contributed by atoms with van der Waals surface area (Å²) in [6.07, 6.45) is 0. The van der Waals surface area contributed by atoms with Crippen LogP contribution in [0.4, 0.5) is 5.69 Å². The van der Waals surface area contributed by atoms with Crippen molar-refractivity contribution >= 4 is 23.2 Å². The van der Waals surface area contributed by atoms with Crippen LogP contribution in [-0.4, -0.2) is 35.4 Å². The van der Waals surface area contributed by atoms with E-state index in [1.165, 1.54) is 0 Å². The predicted molar refractivity (Wildman–Crippen MR) is 73.0 cm³/mol. The van der Waals surface area contributed by atoms with Gasteiger partial charge in [0.25, 0.3) is 0 Å². The highest BCUT2D eigenvalue weighted by atomic mass is 35.5. The lowest BCUT2D eigenvalue weighted by Crippen LogP contribution is -2.38. The number of para-hydroxylation sites is 1. The van der Waals surface area contributed by atoms with Crippen molar-refractivity contribution in [3.63, 3.8) is 0 Å². The molecule has 1 heterocycles. The van der Waals surface area contributed by atoms with Crippen molar-refractivity contribution < 1.29 is 0 Å². The summed E-state index contributed by atoms with van der Waals surface area (Å²) in [5.74, 6) is 1.09. The minimum Gasteiger partial charge on any atom is -0.338 e. The molecule has 4 heteroatoms. The second-order valence-electron chi connectivity index (χ2n) is 4.58. The lowest BCUT2D eigenvalue weighted by Gasteiger charge is -2.25. The Morgan fingerprint density at radius 3 is 2.53 bits per heavy atom. The van der Waals surface area contributed by atoms with Gasteiger partial charge in [-0.15, -0.1) is 11.6 Å². The largest absolute Gasteiger partial charge is 0.338 e. The summed E-state index contributed by atoms with van der Waals surface area (Å²) in [7, 11) is 0. The Bertz CT molecular complexity index is 391. The molecule has 0 aromatic heterocycles. The molecule has 1 aromatic carbocycles. The molecule has 3 nitrogen and oxygen atoms in total. The Morgan fingerprint density at radius 2 is 2.00 bits per heavy atom. The van der Waals surface area contributed by atoms with Crippen molar-refractivity contribution in [2.75, 3.05) is 17.3 Å². The van der Waals surface area contributed by atoms with Gasteiger partial charge in [-0.1, -0.05) is 18.2 Å². The molecular formula is C13H18ClN3. The first kappa shape index (κ1) is 12.2. The van der Waals surface area contributed by atoms with Gasteiger partial charge < -0.3 is 9.80 Å². The summed E-state index contributed by atoms with van der Waals surface area (Å²) < 4.78 is 0. The molecule has 0 saturated carbocycles. The van der Waals surface area contributed by atoms with Crippen LogP contribution < -0.4 is 4.90 Å². The SMILES string of the molecule is CC(C)N1CC(CCl)N(c2ccccc2)C1=N. The standard InChI is InChI=1S/C13H18ClN3/c1-10(2)16-9-12(8-14)17(13(16)15)11-6-4-3-5-7-11/h3-7,10,12,15H,8-9H2,1-2H3. The number of nitrogens with zero attached hydrogens (tertiary/aromatic N) is 2. The molecule has 1 atom stereocenters. The molecule has 0 aliphatic carbocycles. The minimum absolute atomic E-state index is 0.189. The van der Waals surface area contributed by atoms with E-state index in [-0.39, 0.29) is 6.04 Å². The third-order valence-corrected chi connectivity index (χ3v) is 3.46. The summed E-state index contributed by atoms with van der Waals surface area (Å²) in [4.78, 5) is 4.10. The van der Waals surface area contributed by atoms with E-state index in [0.717, 1.165) is 12.2 Å². The maximum absolute atomic E-state index is 8.26.